The molecule has 3 heteroatoms. The van der Waals surface area contributed by atoms with Gasteiger partial charge < -0.3 is 13.3 Å². The van der Waals surface area contributed by atoms with Crippen LogP contribution in [0.25, 0.3) is 0 Å². The molecule has 0 saturated carbocycles. The second kappa shape index (κ2) is 43.7. The molecule has 0 atom stereocenters. The molecule has 37 heavy (non-hydrogen) atoms. The van der Waals surface area contributed by atoms with Gasteiger partial charge in [-0.25, -0.2) is 12.2 Å². The fourth-order valence-corrected chi connectivity index (χ4v) is 6.71. The molecule has 227 valence electrons. The maximum atomic E-state index is 2.99. The van der Waals surface area contributed by atoms with E-state index in [4.69, 9.17) is 0 Å². The van der Waals surface area contributed by atoms with Crippen molar-refractivity contribution < 1.29 is 16.5 Å². The Labute approximate surface area is 255 Å². The summed E-state index contributed by atoms with van der Waals surface area (Å²) in [5.74, 6) is 1.42. The summed E-state index contributed by atoms with van der Waals surface area (Å²) in [7, 11) is 0.366. The molecule has 0 saturated heterocycles. The van der Waals surface area contributed by atoms with Crippen LogP contribution in [-0.2, 0) is 16.5 Å². The van der Waals surface area contributed by atoms with Crippen molar-refractivity contribution in [3.8, 4) is 0 Å². The Morgan fingerprint density at radius 1 is 0.595 bits per heavy atom. The number of halogens is 1. The minimum atomic E-state index is 0. The maximum absolute atomic E-state index is 2.99. The third-order valence-electron chi connectivity index (χ3n) is 6.07. The van der Waals surface area contributed by atoms with Crippen molar-refractivity contribution in [1.82, 2.24) is 0 Å². The standard InChI is InChI=1S/C24H51P.C5H5.C4H9.CH3.ClH.Ni/c1-4-7-10-13-16-19-22-25(23-20-17-14-11-8-5-2)24-21-18-15-12-9-6-3;1-2-4-5-3-1;1-4(2)3;;;/h4-24H2,1-3H3;1-3H,4H2;1-3H3;1H3;1H;/q;3*-1;;+3. The first-order valence-corrected chi connectivity index (χ1v) is 17.2. The third kappa shape index (κ3) is 50.1. The molecule has 0 spiro atoms. The summed E-state index contributed by atoms with van der Waals surface area (Å²) >= 11 is 0. The molecular formula is C34H69ClNiP. The van der Waals surface area contributed by atoms with Crippen LogP contribution in [0.15, 0.2) is 18.2 Å². The van der Waals surface area contributed by atoms with Crippen molar-refractivity contribution >= 4 is 20.3 Å². The molecule has 0 amide bonds. The van der Waals surface area contributed by atoms with Gasteiger partial charge in [0.15, 0.2) is 0 Å². The minimum Gasteiger partial charge on any atom is -0.358 e. The predicted molar refractivity (Wildman–Crippen MR) is 177 cm³/mol. The van der Waals surface area contributed by atoms with E-state index in [9.17, 15) is 0 Å². The first-order chi connectivity index (χ1) is 16.6. The van der Waals surface area contributed by atoms with Gasteiger partial charge in [-0.05, 0) is 37.7 Å². The van der Waals surface area contributed by atoms with Crippen LogP contribution in [0, 0.1) is 19.4 Å². The second-order valence-corrected chi connectivity index (χ2v) is 13.3. The van der Waals surface area contributed by atoms with Gasteiger partial charge in [-0.15, -0.1) is 26.7 Å². The van der Waals surface area contributed by atoms with E-state index in [1.807, 2.05) is 12.2 Å². The predicted octanol–water partition coefficient (Wildman–Crippen LogP) is 13.3. The molecular weight excluding hydrogens is 533 g/mol. The van der Waals surface area contributed by atoms with Crippen molar-refractivity contribution in [2.45, 2.75) is 164 Å². The molecule has 0 nitrogen and oxygen atoms in total. The smallest absolute Gasteiger partial charge is 0.358 e. The summed E-state index contributed by atoms with van der Waals surface area (Å²) in [6.45, 7) is 13.2. The number of hydrogen-bond acceptors (Lipinski definition) is 0. The summed E-state index contributed by atoms with van der Waals surface area (Å²) in [4.78, 5) is 0. The van der Waals surface area contributed by atoms with Crippen molar-refractivity contribution in [2.24, 2.45) is 0 Å². The quantitative estimate of drug-likeness (QED) is 0.0530. The molecule has 0 aliphatic heterocycles. The van der Waals surface area contributed by atoms with E-state index >= 15 is 0 Å². The Hall–Kier alpha value is 0.694. The van der Waals surface area contributed by atoms with Gasteiger partial charge in [-0.1, -0.05) is 117 Å². The molecule has 1 rings (SSSR count). The van der Waals surface area contributed by atoms with Gasteiger partial charge in [0, 0.05) is 0 Å². The zero-order valence-corrected chi connectivity index (χ0v) is 29.2. The Balaban J connectivity index is -0.000000240. The maximum Gasteiger partial charge on any atom is 3.00 e. The largest absolute Gasteiger partial charge is 3.00 e. The van der Waals surface area contributed by atoms with Crippen molar-refractivity contribution in [1.29, 1.82) is 0 Å². The van der Waals surface area contributed by atoms with E-state index in [0.29, 0.717) is 7.92 Å². The Morgan fingerprint density at radius 2 is 0.892 bits per heavy atom. The molecule has 1 radical (unpaired) electrons. The Kier molecular flexibility index (Phi) is 56.1. The first-order valence-electron chi connectivity index (χ1n) is 15.3. The summed E-state index contributed by atoms with van der Waals surface area (Å²) in [6.07, 6.45) is 41.2. The fraction of sp³-hybridized carbons (Fsp3) is 0.824. The van der Waals surface area contributed by atoms with Crippen LogP contribution in [0.5, 0.6) is 0 Å². The molecule has 0 aromatic carbocycles. The van der Waals surface area contributed by atoms with Gasteiger partial charge in [0.1, 0.15) is 0 Å². The molecule has 1 aliphatic carbocycles. The summed E-state index contributed by atoms with van der Waals surface area (Å²) in [5.41, 5.74) is 0. The average Bonchev–Trinajstić information content (AvgIpc) is 3.40. The molecule has 0 N–H and O–H groups in total. The number of unbranched alkanes of at least 4 members (excludes halogenated alkanes) is 15. The first kappa shape index (κ1) is 47.5. The van der Waals surface area contributed by atoms with Gasteiger partial charge in [0.25, 0.3) is 0 Å². The number of hydrogen-bond donors (Lipinski definition) is 0. The summed E-state index contributed by atoms with van der Waals surface area (Å²) in [5, 5.41) is 0. The monoisotopic (exact) mass is 601 g/mol. The van der Waals surface area contributed by atoms with Crippen molar-refractivity contribution in [2.75, 3.05) is 18.5 Å². The van der Waals surface area contributed by atoms with Gasteiger partial charge in [-0.2, -0.15) is 26.8 Å². The van der Waals surface area contributed by atoms with Crippen LogP contribution in [0.1, 0.15) is 164 Å². The van der Waals surface area contributed by atoms with Crippen LogP contribution in [0.2, 0.25) is 0 Å². The number of rotatable bonds is 21. The van der Waals surface area contributed by atoms with E-state index < -0.39 is 0 Å². The van der Waals surface area contributed by atoms with Crippen LogP contribution < -0.4 is 0 Å². The molecule has 1 aliphatic rings. The van der Waals surface area contributed by atoms with Gasteiger partial charge in [-0.3, -0.25) is 6.08 Å². The zero-order valence-electron chi connectivity index (χ0n) is 26.5. The van der Waals surface area contributed by atoms with Crippen LogP contribution in [0.4, 0.5) is 0 Å². The molecule has 0 fully saturated rings. The van der Waals surface area contributed by atoms with Gasteiger partial charge in [0.2, 0.25) is 0 Å². The third-order valence-corrected chi connectivity index (χ3v) is 8.92. The Morgan fingerprint density at radius 3 is 1.11 bits per heavy atom. The van der Waals surface area contributed by atoms with E-state index in [1.54, 1.807) is 18.5 Å². The van der Waals surface area contributed by atoms with E-state index in [-0.39, 0.29) is 36.3 Å². The van der Waals surface area contributed by atoms with Crippen LogP contribution in [-0.4, -0.2) is 18.5 Å². The SMILES string of the molecule is CCCCCCCCP(CCCCCCCC)CCCCCCCC.C[C-](C)C.Cl.[C-]1=CC=CC1.[CH3-].[Ni+3]. The summed E-state index contributed by atoms with van der Waals surface area (Å²) in [6, 6.07) is 0. The van der Waals surface area contributed by atoms with Crippen LogP contribution >= 0.6 is 20.3 Å². The molecule has 0 bridgehead atoms. The van der Waals surface area contributed by atoms with E-state index in [1.165, 1.54) is 121 Å². The summed E-state index contributed by atoms with van der Waals surface area (Å²) < 4.78 is 0. The van der Waals surface area contributed by atoms with Crippen molar-refractivity contribution in [3.63, 3.8) is 0 Å². The average molecular weight is 603 g/mol. The number of allylic oxidation sites excluding steroid dienone is 4. The van der Waals surface area contributed by atoms with Crippen LogP contribution in [0.3, 0.4) is 0 Å². The zero-order chi connectivity index (χ0) is 25.5. The van der Waals surface area contributed by atoms with E-state index in [0.717, 1.165) is 6.42 Å². The van der Waals surface area contributed by atoms with Crippen molar-refractivity contribution in [3.05, 3.63) is 37.6 Å². The molecule has 0 aromatic rings. The molecule has 0 unspecified atom stereocenters. The minimum absolute atomic E-state index is 0. The molecule has 0 aromatic heterocycles. The second-order valence-electron chi connectivity index (χ2n) is 10.6. The topological polar surface area (TPSA) is 0 Å². The fourth-order valence-electron chi connectivity index (χ4n) is 4.02. The Bertz CT molecular complexity index is 358. The normalized spacial score (nSPS) is 11.1. The molecule has 0 heterocycles. The van der Waals surface area contributed by atoms with E-state index in [2.05, 4.69) is 53.7 Å². The van der Waals surface area contributed by atoms with Gasteiger partial charge >= 0.3 is 16.5 Å². The van der Waals surface area contributed by atoms with Gasteiger partial charge in [0.05, 0.1) is 0 Å².